The molecule has 1 aromatic carbocycles. The number of aliphatic hydroxyl groups is 1. The van der Waals surface area contributed by atoms with Crippen LogP contribution in [0.4, 0.5) is 0 Å². The normalized spacial score (nSPS) is 16.6. The lowest BCUT2D eigenvalue weighted by atomic mass is 10.2. The summed E-state index contributed by atoms with van der Waals surface area (Å²) in [5.74, 6) is 0.886. The summed E-state index contributed by atoms with van der Waals surface area (Å²) in [5, 5.41) is 8.90. The molecular formula is C13H19NO2. The molecule has 1 fully saturated rings. The molecule has 88 valence electrons. The highest BCUT2D eigenvalue weighted by molar-refractivity contribution is 5.26. The summed E-state index contributed by atoms with van der Waals surface area (Å²) in [6.07, 6.45) is 2.65. The summed E-state index contributed by atoms with van der Waals surface area (Å²) >= 11 is 0. The third-order valence-corrected chi connectivity index (χ3v) is 2.98. The Morgan fingerprint density at radius 2 is 1.81 bits per heavy atom. The molecule has 0 bridgehead atoms. The van der Waals surface area contributed by atoms with Crippen LogP contribution in [0.2, 0.25) is 0 Å². The number of hydrogen-bond acceptors (Lipinski definition) is 3. The number of aliphatic hydroxyl groups excluding tert-OH is 1. The monoisotopic (exact) mass is 221 g/mol. The predicted molar refractivity (Wildman–Crippen MR) is 63.5 cm³/mol. The highest BCUT2D eigenvalue weighted by Crippen LogP contribution is 2.12. The van der Waals surface area contributed by atoms with Gasteiger partial charge in [-0.15, -0.1) is 0 Å². The molecule has 0 amide bonds. The van der Waals surface area contributed by atoms with Gasteiger partial charge in [-0.25, -0.2) is 0 Å². The first-order chi connectivity index (χ1) is 7.88. The van der Waals surface area contributed by atoms with Gasteiger partial charge >= 0.3 is 0 Å². The zero-order valence-electron chi connectivity index (χ0n) is 9.56. The molecule has 1 heterocycles. The fourth-order valence-corrected chi connectivity index (χ4v) is 1.99. The summed E-state index contributed by atoms with van der Waals surface area (Å²) in [6.45, 7) is 4.29. The van der Waals surface area contributed by atoms with Crippen molar-refractivity contribution in [1.29, 1.82) is 0 Å². The maximum absolute atomic E-state index is 8.90. The lowest BCUT2D eigenvalue weighted by Gasteiger charge is -2.14. The number of rotatable bonds is 5. The van der Waals surface area contributed by atoms with E-state index in [4.69, 9.17) is 9.84 Å². The van der Waals surface area contributed by atoms with Crippen molar-refractivity contribution >= 4 is 0 Å². The third-order valence-electron chi connectivity index (χ3n) is 2.98. The van der Waals surface area contributed by atoms with E-state index in [9.17, 15) is 0 Å². The first kappa shape index (κ1) is 11.4. The van der Waals surface area contributed by atoms with Gasteiger partial charge in [0.1, 0.15) is 12.4 Å². The summed E-state index contributed by atoms with van der Waals surface area (Å²) in [4.78, 5) is 2.43. The van der Waals surface area contributed by atoms with Gasteiger partial charge in [0, 0.05) is 6.54 Å². The molecule has 3 heteroatoms. The van der Waals surface area contributed by atoms with E-state index in [1.807, 2.05) is 24.3 Å². The topological polar surface area (TPSA) is 32.7 Å². The van der Waals surface area contributed by atoms with Crippen LogP contribution in [0.15, 0.2) is 24.3 Å². The van der Waals surface area contributed by atoms with Crippen LogP contribution in [0.25, 0.3) is 0 Å². The van der Waals surface area contributed by atoms with Crippen LogP contribution in [-0.2, 0) is 6.61 Å². The number of hydrogen-bond donors (Lipinski definition) is 1. The quantitative estimate of drug-likeness (QED) is 0.820. The van der Waals surface area contributed by atoms with Gasteiger partial charge in [0.05, 0.1) is 6.61 Å². The van der Waals surface area contributed by atoms with E-state index in [-0.39, 0.29) is 6.61 Å². The number of likely N-dealkylation sites (tertiary alicyclic amines) is 1. The van der Waals surface area contributed by atoms with Crippen LogP contribution in [0, 0.1) is 0 Å². The molecule has 0 atom stereocenters. The van der Waals surface area contributed by atoms with Crippen molar-refractivity contribution < 1.29 is 9.84 Å². The smallest absolute Gasteiger partial charge is 0.119 e. The number of nitrogens with zero attached hydrogens (tertiary/aromatic N) is 1. The van der Waals surface area contributed by atoms with Gasteiger partial charge in [0.25, 0.3) is 0 Å². The van der Waals surface area contributed by atoms with Gasteiger partial charge in [-0.1, -0.05) is 12.1 Å². The van der Waals surface area contributed by atoms with Gasteiger partial charge in [-0.2, -0.15) is 0 Å². The molecule has 16 heavy (non-hydrogen) atoms. The number of benzene rings is 1. The van der Waals surface area contributed by atoms with E-state index in [0.717, 1.165) is 24.5 Å². The zero-order chi connectivity index (χ0) is 11.2. The van der Waals surface area contributed by atoms with Crippen molar-refractivity contribution in [2.45, 2.75) is 19.4 Å². The molecule has 0 spiro atoms. The van der Waals surface area contributed by atoms with Crippen LogP contribution >= 0.6 is 0 Å². The van der Waals surface area contributed by atoms with Crippen molar-refractivity contribution in [1.82, 2.24) is 4.90 Å². The average molecular weight is 221 g/mol. The average Bonchev–Trinajstić information content (AvgIpc) is 2.83. The van der Waals surface area contributed by atoms with Gasteiger partial charge in [0.15, 0.2) is 0 Å². The molecule has 0 saturated carbocycles. The lowest BCUT2D eigenvalue weighted by molar-refractivity contribution is 0.237. The first-order valence-electron chi connectivity index (χ1n) is 5.93. The van der Waals surface area contributed by atoms with Crippen molar-refractivity contribution in [2.75, 3.05) is 26.2 Å². The molecule has 0 radical (unpaired) electrons. The van der Waals surface area contributed by atoms with Crippen molar-refractivity contribution in [3.8, 4) is 5.75 Å². The molecule has 0 aromatic heterocycles. The maximum atomic E-state index is 8.90. The summed E-state index contributed by atoms with van der Waals surface area (Å²) in [5.41, 5.74) is 0.923. The zero-order valence-corrected chi connectivity index (χ0v) is 9.56. The summed E-state index contributed by atoms with van der Waals surface area (Å²) in [7, 11) is 0. The molecule has 1 aliphatic heterocycles. The van der Waals surface area contributed by atoms with E-state index in [2.05, 4.69) is 4.90 Å². The number of ether oxygens (including phenoxy) is 1. The molecule has 1 aromatic rings. The molecule has 1 saturated heterocycles. The third kappa shape index (κ3) is 3.22. The highest BCUT2D eigenvalue weighted by atomic mass is 16.5. The highest BCUT2D eigenvalue weighted by Gasteiger charge is 2.10. The minimum absolute atomic E-state index is 0.0913. The maximum Gasteiger partial charge on any atom is 0.119 e. The molecule has 1 aliphatic rings. The molecule has 0 aliphatic carbocycles. The predicted octanol–water partition coefficient (Wildman–Crippen LogP) is 1.65. The van der Waals surface area contributed by atoms with Gasteiger partial charge in [-0.3, -0.25) is 4.90 Å². The standard InChI is InChI=1S/C13H19NO2/c15-11-12-3-5-13(6-4-12)16-10-9-14-7-1-2-8-14/h3-6,15H,1-2,7-11H2. The Morgan fingerprint density at radius 1 is 1.12 bits per heavy atom. The SMILES string of the molecule is OCc1ccc(OCCN2CCCC2)cc1. The fraction of sp³-hybridized carbons (Fsp3) is 0.538. The van der Waals surface area contributed by atoms with Crippen molar-refractivity contribution in [3.63, 3.8) is 0 Å². The molecule has 2 rings (SSSR count). The molecular weight excluding hydrogens is 202 g/mol. The Kier molecular flexibility index (Phi) is 4.19. The Bertz CT molecular complexity index is 304. The van der Waals surface area contributed by atoms with E-state index in [1.165, 1.54) is 25.9 Å². The van der Waals surface area contributed by atoms with Crippen LogP contribution in [0.1, 0.15) is 18.4 Å². The minimum atomic E-state index is 0.0913. The van der Waals surface area contributed by atoms with E-state index < -0.39 is 0 Å². The van der Waals surface area contributed by atoms with Gasteiger partial charge in [-0.05, 0) is 43.6 Å². The van der Waals surface area contributed by atoms with Crippen molar-refractivity contribution in [2.24, 2.45) is 0 Å². The van der Waals surface area contributed by atoms with E-state index >= 15 is 0 Å². The largest absolute Gasteiger partial charge is 0.492 e. The minimum Gasteiger partial charge on any atom is -0.492 e. The Balaban J connectivity index is 1.71. The Morgan fingerprint density at radius 3 is 2.44 bits per heavy atom. The molecule has 3 nitrogen and oxygen atoms in total. The molecule has 1 N–H and O–H groups in total. The van der Waals surface area contributed by atoms with Crippen LogP contribution in [0.3, 0.4) is 0 Å². The first-order valence-corrected chi connectivity index (χ1v) is 5.93. The van der Waals surface area contributed by atoms with Crippen LogP contribution in [-0.4, -0.2) is 36.2 Å². The second kappa shape index (κ2) is 5.87. The molecule has 0 unspecified atom stereocenters. The van der Waals surface area contributed by atoms with Crippen LogP contribution < -0.4 is 4.74 Å². The lowest BCUT2D eigenvalue weighted by Crippen LogP contribution is -2.25. The van der Waals surface area contributed by atoms with Crippen molar-refractivity contribution in [3.05, 3.63) is 29.8 Å². The second-order valence-electron chi connectivity index (χ2n) is 4.20. The van der Waals surface area contributed by atoms with Crippen LogP contribution in [0.5, 0.6) is 5.75 Å². The Hall–Kier alpha value is -1.06. The van der Waals surface area contributed by atoms with Gasteiger partial charge in [0.2, 0.25) is 0 Å². The fourth-order valence-electron chi connectivity index (χ4n) is 1.99. The van der Waals surface area contributed by atoms with E-state index in [0.29, 0.717) is 0 Å². The summed E-state index contributed by atoms with van der Waals surface area (Å²) in [6, 6.07) is 7.61. The summed E-state index contributed by atoms with van der Waals surface area (Å²) < 4.78 is 5.64. The second-order valence-corrected chi connectivity index (χ2v) is 4.20. The van der Waals surface area contributed by atoms with Gasteiger partial charge < -0.3 is 9.84 Å². The Labute approximate surface area is 96.6 Å². The van der Waals surface area contributed by atoms with E-state index in [1.54, 1.807) is 0 Å².